The Labute approximate surface area is 195 Å². The van der Waals surface area contributed by atoms with Crippen LogP contribution in [-0.2, 0) is 6.54 Å². The van der Waals surface area contributed by atoms with Crippen molar-refractivity contribution in [1.29, 1.82) is 0 Å². The normalized spacial score (nSPS) is 14.6. The minimum absolute atomic E-state index is 0.214. The number of piperazine rings is 1. The predicted molar refractivity (Wildman–Crippen MR) is 134 cm³/mol. The van der Waals surface area contributed by atoms with Gasteiger partial charge in [0.15, 0.2) is 0 Å². The van der Waals surface area contributed by atoms with Crippen molar-refractivity contribution >= 4 is 27.2 Å². The van der Waals surface area contributed by atoms with Gasteiger partial charge in [-0.2, -0.15) is 0 Å². The maximum absolute atomic E-state index is 13.1. The maximum Gasteiger partial charge on any atom is 0.328 e. The molecule has 5 rings (SSSR count). The van der Waals surface area contributed by atoms with Crippen molar-refractivity contribution in [2.24, 2.45) is 0 Å². The molecule has 2 aromatic carbocycles. The fraction of sp³-hybridized carbons (Fsp3) is 0.280. The van der Waals surface area contributed by atoms with Crippen LogP contribution in [0.1, 0.15) is 0 Å². The molecule has 3 heterocycles. The van der Waals surface area contributed by atoms with Gasteiger partial charge in [-0.25, -0.2) is 4.79 Å². The number of ether oxygens (including phenoxy) is 1. The number of hydrogen-bond acceptors (Lipinski definition) is 6. The van der Waals surface area contributed by atoms with Crippen molar-refractivity contribution in [3.05, 3.63) is 81.5 Å². The highest BCUT2D eigenvalue weighted by atomic mass is 32.1. The number of thiophene rings is 1. The summed E-state index contributed by atoms with van der Waals surface area (Å²) in [6.07, 6.45) is 0. The Morgan fingerprint density at radius 1 is 0.939 bits per heavy atom. The lowest BCUT2D eigenvalue weighted by molar-refractivity contribution is 0.245. The van der Waals surface area contributed by atoms with E-state index in [1.54, 1.807) is 7.11 Å². The molecule has 1 aliphatic heterocycles. The third kappa shape index (κ3) is 4.31. The van der Waals surface area contributed by atoms with Crippen LogP contribution < -0.4 is 20.9 Å². The Kier molecular flexibility index (Phi) is 6.02. The molecule has 33 heavy (non-hydrogen) atoms. The molecule has 0 radical (unpaired) electrons. The smallest absolute Gasteiger partial charge is 0.328 e. The third-order valence-electron chi connectivity index (χ3n) is 6.15. The number of H-pyrrole nitrogens is 1. The van der Waals surface area contributed by atoms with Crippen LogP contribution >= 0.6 is 11.3 Å². The summed E-state index contributed by atoms with van der Waals surface area (Å²) in [5, 5.41) is 0. The fourth-order valence-electron chi connectivity index (χ4n) is 4.33. The summed E-state index contributed by atoms with van der Waals surface area (Å²) < 4.78 is 7.42. The summed E-state index contributed by atoms with van der Waals surface area (Å²) >= 11 is 1.43. The zero-order valence-corrected chi connectivity index (χ0v) is 19.3. The van der Waals surface area contributed by atoms with E-state index >= 15 is 0 Å². The van der Waals surface area contributed by atoms with Crippen LogP contribution in [0.4, 0.5) is 5.69 Å². The van der Waals surface area contributed by atoms with Crippen molar-refractivity contribution in [3.63, 3.8) is 0 Å². The fourth-order valence-corrected chi connectivity index (χ4v) is 5.40. The second-order valence-corrected chi connectivity index (χ2v) is 9.16. The summed E-state index contributed by atoms with van der Waals surface area (Å²) in [7, 11) is 1.69. The van der Waals surface area contributed by atoms with Crippen LogP contribution in [-0.4, -0.2) is 54.3 Å². The molecule has 0 bridgehead atoms. The number of methoxy groups -OCH3 is 1. The van der Waals surface area contributed by atoms with Gasteiger partial charge in [-0.15, -0.1) is 11.3 Å². The van der Waals surface area contributed by atoms with E-state index in [9.17, 15) is 9.59 Å². The lowest BCUT2D eigenvalue weighted by atomic mass is 10.2. The number of aromatic amines is 1. The van der Waals surface area contributed by atoms with E-state index in [1.807, 2.05) is 54.6 Å². The molecule has 1 saturated heterocycles. The lowest BCUT2D eigenvalue weighted by Crippen LogP contribution is -2.48. The number of fused-ring (bicyclic) bond motifs is 1. The Morgan fingerprint density at radius 2 is 1.67 bits per heavy atom. The Bertz CT molecular complexity index is 1370. The Balaban J connectivity index is 1.28. The predicted octanol–water partition coefficient (Wildman–Crippen LogP) is 3.25. The molecular formula is C25H26N4O3S. The minimum Gasteiger partial charge on any atom is -0.495 e. The van der Waals surface area contributed by atoms with Crippen LogP contribution in [0.25, 0.3) is 20.7 Å². The number of para-hydroxylation sites is 2. The third-order valence-corrected chi connectivity index (χ3v) is 7.33. The monoisotopic (exact) mass is 462 g/mol. The number of nitrogens with zero attached hydrogens (tertiary/aromatic N) is 3. The zero-order valence-electron chi connectivity index (χ0n) is 18.5. The largest absolute Gasteiger partial charge is 0.495 e. The van der Waals surface area contributed by atoms with E-state index in [0.29, 0.717) is 23.3 Å². The molecule has 0 amide bonds. The second kappa shape index (κ2) is 9.25. The van der Waals surface area contributed by atoms with Crippen molar-refractivity contribution < 1.29 is 4.74 Å². The first-order valence-corrected chi connectivity index (χ1v) is 11.9. The van der Waals surface area contributed by atoms with Gasteiger partial charge in [-0.05, 0) is 23.8 Å². The van der Waals surface area contributed by atoms with Gasteiger partial charge in [0.2, 0.25) is 0 Å². The first kappa shape index (κ1) is 21.5. The van der Waals surface area contributed by atoms with Gasteiger partial charge in [0.05, 0.1) is 18.3 Å². The zero-order chi connectivity index (χ0) is 22.8. The van der Waals surface area contributed by atoms with E-state index in [1.165, 1.54) is 15.9 Å². The quantitative estimate of drug-likeness (QED) is 0.476. The van der Waals surface area contributed by atoms with Crippen LogP contribution in [0.2, 0.25) is 0 Å². The van der Waals surface area contributed by atoms with Crippen LogP contribution in [0.3, 0.4) is 0 Å². The molecule has 1 aliphatic rings. The van der Waals surface area contributed by atoms with Crippen LogP contribution in [0, 0.1) is 0 Å². The Hall–Kier alpha value is -3.36. The van der Waals surface area contributed by atoms with E-state index in [4.69, 9.17) is 4.74 Å². The van der Waals surface area contributed by atoms with E-state index in [2.05, 4.69) is 20.9 Å². The molecule has 0 spiro atoms. The highest BCUT2D eigenvalue weighted by Crippen LogP contribution is 2.30. The first-order chi connectivity index (χ1) is 16.1. The summed E-state index contributed by atoms with van der Waals surface area (Å²) in [6.45, 7) is 4.50. The van der Waals surface area contributed by atoms with Crippen LogP contribution in [0.15, 0.2) is 70.3 Å². The molecule has 2 aromatic heterocycles. The van der Waals surface area contributed by atoms with Gasteiger partial charge in [0.25, 0.3) is 5.56 Å². The number of nitrogens with one attached hydrogen (secondary N) is 1. The number of anilines is 1. The molecule has 0 unspecified atom stereocenters. The standard InChI is InChI=1S/C25H26N4O3S/c1-32-21-10-6-5-9-20(21)28-14-11-27(12-15-28)13-16-29-24(30)23-19(26-25(29)31)17-22(33-23)18-7-3-2-4-8-18/h2-10,17H,11-16H2,1H3,(H,26,31). The molecule has 1 N–H and O–H groups in total. The molecule has 7 nitrogen and oxygen atoms in total. The van der Waals surface area contributed by atoms with Gasteiger partial charge in [0, 0.05) is 44.1 Å². The van der Waals surface area contributed by atoms with Crippen molar-refractivity contribution in [2.75, 3.05) is 44.7 Å². The highest BCUT2D eigenvalue weighted by molar-refractivity contribution is 7.22. The molecule has 4 aromatic rings. The molecule has 170 valence electrons. The van der Waals surface area contributed by atoms with Gasteiger partial charge < -0.3 is 14.6 Å². The van der Waals surface area contributed by atoms with Crippen molar-refractivity contribution in [2.45, 2.75) is 6.54 Å². The number of aromatic nitrogens is 2. The molecule has 0 atom stereocenters. The van der Waals surface area contributed by atoms with Gasteiger partial charge in [-0.3, -0.25) is 14.3 Å². The number of hydrogen-bond donors (Lipinski definition) is 1. The lowest BCUT2D eigenvalue weighted by Gasteiger charge is -2.36. The van der Waals surface area contributed by atoms with E-state index < -0.39 is 0 Å². The van der Waals surface area contributed by atoms with Crippen molar-refractivity contribution in [3.8, 4) is 16.2 Å². The molecule has 0 saturated carbocycles. The summed E-state index contributed by atoms with van der Waals surface area (Å²) in [6, 6.07) is 19.8. The average Bonchev–Trinajstić information content (AvgIpc) is 3.29. The average molecular weight is 463 g/mol. The number of benzene rings is 2. The highest BCUT2D eigenvalue weighted by Gasteiger charge is 2.20. The summed E-state index contributed by atoms with van der Waals surface area (Å²) in [5.41, 5.74) is 2.18. The second-order valence-electron chi connectivity index (χ2n) is 8.11. The topological polar surface area (TPSA) is 70.6 Å². The maximum atomic E-state index is 13.1. The minimum atomic E-state index is -0.349. The Morgan fingerprint density at radius 3 is 2.42 bits per heavy atom. The van der Waals surface area contributed by atoms with Gasteiger partial charge >= 0.3 is 5.69 Å². The first-order valence-electron chi connectivity index (χ1n) is 11.1. The van der Waals surface area contributed by atoms with Crippen LogP contribution in [0.5, 0.6) is 5.75 Å². The van der Waals surface area contributed by atoms with E-state index in [0.717, 1.165) is 48.1 Å². The summed E-state index contributed by atoms with van der Waals surface area (Å²) in [5.74, 6) is 0.878. The molecule has 8 heteroatoms. The van der Waals surface area contributed by atoms with Gasteiger partial charge in [0.1, 0.15) is 10.4 Å². The summed E-state index contributed by atoms with van der Waals surface area (Å²) in [4.78, 5) is 34.2. The molecule has 1 fully saturated rings. The number of rotatable bonds is 6. The van der Waals surface area contributed by atoms with Gasteiger partial charge in [-0.1, -0.05) is 42.5 Å². The SMILES string of the molecule is COc1ccccc1N1CCN(CCn2c(=O)[nH]c3cc(-c4ccccc4)sc3c2=O)CC1. The molecular weight excluding hydrogens is 436 g/mol. The molecule has 0 aliphatic carbocycles. The van der Waals surface area contributed by atoms with E-state index in [-0.39, 0.29) is 11.2 Å². The van der Waals surface area contributed by atoms with Crippen molar-refractivity contribution in [1.82, 2.24) is 14.5 Å².